The maximum atomic E-state index is 12.3. The molecule has 3 unspecified atom stereocenters. The van der Waals surface area contributed by atoms with Gasteiger partial charge in [0.05, 0.1) is 5.92 Å². The molecular formula is C20H38O4. The van der Waals surface area contributed by atoms with E-state index in [1.807, 2.05) is 6.92 Å². The fourth-order valence-corrected chi connectivity index (χ4v) is 3.14. The van der Waals surface area contributed by atoms with Gasteiger partial charge in [0.15, 0.2) is 0 Å². The zero-order chi connectivity index (χ0) is 18.5. The highest BCUT2D eigenvalue weighted by Crippen LogP contribution is 2.25. The summed E-state index contributed by atoms with van der Waals surface area (Å²) < 4.78 is 5.45. The van der Waals surface area contributed by atoms with Crippen LogP contribution in [0.5, 0.6) is 0 Å². The number of carbonyl (C=O) groups excluding carboxylic acids is 1. The lowest BCUT2D eigenvalue weighted by Crippen LogP contribution is -2.36. The summed E-state index contributed by atoms with van der Waals surface area (Å²) in [7, 11) is 0. The summed E-state index contributed by atoms with van der Waals surface area (Å²) in [6.45, 7) is 10.2. The van der Waals surface area contributed by atoms with Crippen LogP contribution in [0.3, 0.4) is 0 Å². The monoisotopic (exact) mass is 342 g/mol. The van der Waals surface area contributed by atoms with E-state index < -0.39 is 12.1 Å². The van der Waals surface area contributed by atoms with Gasteiger partial charge in [0.2, 0.25) is 6.10 Å². The Bertz CT molecular complexity index is 352. The van der Waals surface area contributed by atoms with Crippen molar-refractivity contribution >= 4 is 11.9 Å². The molecule has 0 rings (SSSR count). The van der Waals surface area contributed by atoms with Gasteiger partial charge in [-0.05, 0) is 25.2 Å². The maximum absolute atomic E-state index is 12.3. The Morgan fingerprint density at radius 3 is 2.00 bits per heavy atom. The minimum absolute atomic E-state index is 0.0745. The van der Waals surface area contributed by atoms with E-state index in [4.69, 9.17) is 4.74 Å². The minimum Gasteiger partial charge on any atom is -0.478 e. The van der Waals surface area contributed by atoms with E-state index in [2.05, 4.69) is 27.7 Å². The van der Waals surface area contributed by atoms with Crippen LogP contribution in [-0.2, 0) is 14.3 Å². The van der Waals surface area contributed by atoms with Crippen LogP contribution in [0.1, 0.15) is 92.4 Å². The second-order valence-electron chi connectivity index (χ2n) is 7.48. The van der Waals surface area contributed by atoms with Gasteiger partial charge in [0.1, 0.15) is 0 Å². The lowest BCUT2D eigenvalue weighted by atomic mass is 9.90. The summed E-state index contributed by atoms with van der Waals surface area (Å²) in [6, 6.07) is 0. The molecule has 0 aliphatic carbocycles. The van der Waals surface area contributed by atoms with E-state index in [-0.39, 0.29) is 17.8 Å². The molecule has 4 nitrogen and oxygen atoms in total. The Kier molecular flexibility index (Phi) is 12.7. The first kappa shape index (κ1) is 22.9. The normalized spacial score (nSPS) is 15.1. The first-order valence-corrected chi connectivity index (χ1v) is 9.76. The van der Waals surface area contributed by atoms with Crippen LogP contribution in [0.2, 0.25) is 0 Å². The Balaban J connectivity index is 4.81. The first-order chi connectivity index (χ1) is 11.3. The van der Waals surface area contributed by atoms with Crippen molar-refractivity contribution in [3.8, 4) is 0 Å². The molecule has 4 heteroatoms. The molecule has 0 aromatic rings. The predicted molar refractivity (Wildman–Crippen MR) is 97.9 cm³/mol. The van der Waals surface area contributed by atoms with Gasteiger partial charge in [0.25, 0.3) is 0 Å². The second kappa shape index (κ2) is 13.3. The molecule has 0 saturated heterocycles. The SMILES string of the molecule is CCCCCCC(CCCC)C(OC(=O)C(C)CC(C)C)C(=O)O. The second-order valence-corrected chi connectivity index (χ2v) is 7.48. The fourth-order valence-electron chi connectivity index (χ4n) is 3.14. The van der Waals surface area contributed by atoms with Gasteiger partial charge in [-0.15, -0.1) is 0 Å². The molecule has 3 atom stereocenters. The summed E-state index contributed by atoms with van der Waals surface area (Å²) in [4.78, 5) is 24.0. The number of carboxylic acids is 1. The van der Waals surface area contributed by atoms with Crippen molar-refractivity contribution in [2.75, 3.05) is 0 Å². The Hall–Kier alpha value is -1.06. The predicted octanol–water partition coefficient (Wildman–Crippen LogP) is 5.44. The molecule has 0 saturated carbocycles. The lowest BCUT2D eigenvalue weighted by Gasteiger charge is -2.25. The third-order valence-electron chi connectivity index (χ3n) is 4.50. The summed E-state index contributed by atoms with van der Waals surface area (Å²) in [5.41, 5.74) is 0. The zero-order valence-corrected chi connectivity index (χ0v) is 16.3. The van der Waals surface area contributed by atoms with Crippen LogP contribution >= 0.6 is 0 Å². The van der Waals surface area contributed by atoms with Crippen molar-refractivity contribution in [2.45, 2.75) is 98.5 Å². The van der Waals surface area contributed by atoms with Crippen molar-refractivity contribution in [1.82, 2.24) is 0 Å². The van der Waals surface area contributed by atoms with E-state index in [0.717, 1.165) is 51.4 Å². The molecule has 0 bridgehead atoms. The molecular weight excluding hydrogens is 304 g/mol. The Morgan fingerprint density at radius 1 is 0.917 bits per heavy atom. The Morgan fingerprint density at radius 2 is 1.50 bits per heavy atom. The van der Waals surface area contributed by atoms with Crippen LogP contribution in [-0.4, -0.2) is 23.1 Å². The van der Waals surface area contributed by atoms with Crippen LogP contribution in [0.25, 0.3) is 0 Å². The van der Waals surface area contributed by atoms with Gasteiger partial charge in [-0.25, -0.2) is 4.79 Å². The maximum Gasteiger partial charge on any atom is 0.345 e. The minimum atomic E-state index is -1.00. The smallest absolute Gasteiger partial charge is 0.345 e. The molecule has 0 aliphatic heterocycles. The molecule has 0 fully saturated rings. The zero-order valence-electron chi connectivity index (χ0n) is 16.3. The van der Waals surface area contributed by atoms with Gasteiger partial charge in [-0.3, -0.25) is 4.79 Å². The molecule has 0 aliphatic rings. The number of carboxylic acid groups (broad SMARTS) is 1. The van der Waals surface area contributed by atoms with E-state index in [0.29, 0.717) is 5.92 Å². The van der Waals surface area contributed by atoms with Gasteiger partial charge < -0.3 is 9.84 Å². The number of unbranched alkanes of at least 4 members (excludes halogenated alkanes) is 4. The van der Waals surface area contributed by atoms with E-state index in [9.17, 15) is 14.7 Å². The van der Waals surface area contributed by atoms with Crippen LogP contribution in [0.4, 0.5) is 0 Å². The highest BCUT2D eigenvalue weighted by atomic mass is 16.6. The van der Waals surface area contributed by atoms with Crippen molar-refractivity contribution in [1.29, 1.82) is 0 Å². The first-order valence-electron chi connectivity index (χ1n) is 9.76. The van der Waals surface area contributed by atoms with Crippen molar-refractivity contribution in [3.63, 3.8) is 0 Å². The highest BCUT2D eigenvalue weighted by Gasteiger charge is 2.32. The number of ether oxygens (including phenoxy) is 1. The highest BCUT2D eigenvalue weighted by molar-refractivity contribution is 5.79. The summed E-state index contributed by atoms with van der Waals surface area (Å²) in [5.74, 6) is -1.31. The standard InChI is InChI=1S/C20H38O4/c1-6-8-10-11-13-17(12-9-7-2)18(19(21)22)24-20(23)16(5)14-15(3)4/h15-18H,6-14H2,1-5H3,(H,21,22). The quantitative estimate of drug-likeness (QED) is 0.337. The van der Waals surface area contributed by atoms with Gasteiger partial charge >= 0.3 is 11.9 Å². The number of aliphatic carboxylic acids is 1. The number of carbonyl (C=O) groups is 2. The molecule has 0 spiro atoms. The van der Waals surface area contributed by atoms with Crippen LogP contribution in [0, 0.1) is 17.8 Å². The fraction of sp³-hybridized carbons (Fsp3) is 0.900. The summed E-state index contributed by atoms with van der Waals surface area (Å²) in [6.07, 6.45) is 7.80. The van der Waals surface area contributed by atoms with Gasteiger partial charge in [0, 0.05) is 5.92 Å². The summed E-state index contributed by atoms with van der Waals surface area (Å²) in [5, 5.41) is 9.58. The average molecular weight is 343 g/mol. The van der Waals surface area contributed by atoms with Crippen LogP contribution in [0.15, 0.2) is 0 Å². The van der Waals surface area contributed by atoms with Crippen molar-refractivity contribution < 1.29 is 19.4 Å². The van der Waals surface area contributed by atoms with Gasteiger partial charge in [-0.2, -0.15) is 0 Å². The molecule has 1 N–H and O–H groups in total. The van der Waals surface area contributed by atoms with Crippen molar-refractivity contribution in [2.24, 2.45) is 17.8 Å². The number of hydrogen-bond donors (Lipinski definition) is 1. The number of rotatable bonds is 14. The van der Waals surface area contributed by atoms with Crippen molar-refractivity contribution in [3.05, 3.63) is 0 Å². The van der Waals surface area contributed by atoms with E-state index >= 15 is 0 Å². The molecule has 0 aromatic heterocycles. The summed E-state index contributed by atoms with van der Waals surface area (Å²) >= 11 is 0. The topological polar surface area (TPSA) is 63.6 Å². The average Bonchev–Trinajstić information content (AvgIpc) is 2.51. The molecule has 24 heavy (non-hydrogen) atoms. The molecule has 0 radical (unpaired) electrons. The number of esters is 1. The van der Waals surface area contributed by atoms with E-state index in [1.54, 1.807) is 0 Å². The third kappa shape index (κ3) is 9.94. The van der Waals surface area contributed by atoms with E-state index in [1.165, 1.54) is 6.42 Å². The third-order valence-corrected chi connectivity index (χ3v) is 4.50. The Labute approximate surface area is 148 Å². The largest absolute Gasteiger partial charge is 0.478 e. The van der Waals surface area contributed by atoms with Crippen LogP contribution < -0.4 is 0 Å². The molecule has 0 heterocycles. The molecule has 142 valence electrons. The molecule has 0 aromatic carbocycles. The number of hydrogen-bond acceptors (Lipinski definition) is 3. The lowest BCUT2D eigenvalue weighted by molar-refractivity contribution is -0.171. The van der Waals surface area contributed by atoms with Gasteiger partial charge in [-0.1, -0.05) is 73.1 Å². The molecule has 0 amide bonds.